The zero-order valence-corrected chi connectivity index (χ0v) is 9.99. The molecule has 0 amide bonds. The Balaban J connectivity index is 3.05. The third kappa shape index (κ3) is 2.99. The predicted octanol–water partition coefficient (Wildman–Crippen LogP) is 2.84. The molecule has 3 nitrogen and oxygen atoms in total. The number of ether oxygens (including phenoxy) is 1. The lowest BCUT2D eigenvalue weighted by Crippen LogP contribution is -2.22. The molecule has 16 heavy (non-hydrogen) atoms. The Morgan fingerprint density at radius 1 is 1.38 bits per heavy atom. The topological polar surface area (TPSA) is 46.5 Å². The van der Waals surface area contributed by atoms with Crippen LogP contribution in [0.1, 0.15) is 32.8 Å². The summed E-state index contributed by atoms with van der Waals surface area (Å²) >= 11 is 0. The largest absolute Gasteiger partial charge is 0.494 e. The second-order valence-corrected chi connectivity index (χ2v) is 4.38. The molecule has 1 aromatic rings. The standard InChI is InChI=1S/C13H18O3/c1-4-16-11-8-6-5-7-10(11)13(2,3)9-12(14)15/h5-8H,4,9H2,1-3H3,(H,14,15). The Hall–Kier alpha value is -1.51. The number of para-hydroxylation sites is 1. The van der Waals surface area contributed by atoms with Crippen molar-refractivity contribution in [2.24, 2.45) is 0 Å². The van der Waals surface area contributed by atoms with E-state index in [1.165, 1.54) is 0 Å². The van der Waals surface area contributed by atoms with Crippen LogP contribution >= 0.6 is 0 Å². The maximum Gasteiger partial charge on any atom is 0.304 e. The molecule has 0 atom stereocenters. The summed E-state index contributed by atoms with van der Waals surface area (Å²) in [6, 6.07) is 7.60. The van der Waals surface area contributed by atoms with Gasteiger partial charge in [0.25, 0.3) is 0 Å². The fourth-order valence-corrected chi connectivity index (χ4v) is 1.78. The van der Waals surface area contributed by atoms with Crippen molar-refractivity contribution >= 4 is 5.97 Å². The molecular weight excluding hydrogens is 204 g/mol. The van der Waals surface area contributed by atoms with Crippen LogP contribution in [-0.4, -0.2) is 17.7 Å². The number of carboxylic acid groups (broad SMARTS) is 1. The summed E-state index contributed by atoms with van der Waals surface area (Å²) in [4.78, 5) is 10.8. The minimum atomic E-state index is -0.795. The van der Waals surface area contributed by atoms with E-state index in [1.54, 1.807) is 0 Å². The Morgan fingerprint density at radius 3 is 2.56 bits per heavy atom. The molecule has 0 radical (unpaired) electrons. The number of carbonyl (C=O) groups is 1. The Morgan fingerprint density at radius 2 is 2.00 bits per heavy atom. The number of hydrogen-bond donors (Lipinski definition) is 1. The average molecular weight is 222 g/mol. The molecule has 1 N–H and O–H groups in total. The van der Waals surface area contributed by atoms with E-state index in [0.29, 0.717) is 6.61 Å². The van der Waals surface area contributed by atoms with Gasteiger partial charge in [-0.25, -0.2) is 0 Å². The minimum Gasteiger partial charge on any atom is -0.494 e. The lowest BCUT2D eigenvalue weighted by Gasteiger charge is -2.25. The zero-order valence-electron chi connectivity index (χ0n) is 9.99. The zero-order chi connectivity index (χ0) is 12.2. The molecule has 0 fully saturated rings. The lowest BCUT2D eigenvalue weighted by atomic mass is 9.81. The van der Waals surface area contributed by atoms with Gasteiger partial charge in [-0.05, 0) is 13.0 Å². The van der Waals surface area contributed by atoms with Gasteiger partial charge in [0.2, 0.25) is 0 Å². The summed E-state index contributed by atoms with van der Waals surface area (Å²) in [5, 5.41) is 8.89. The normalized spacial score (nSPS) is 11.2. The van der Waals surface area contributed by atoms with Crippen LogP contribution in [0, 0.1) is 0 Å². The smallest absolute Gasteiger partial charge is 0.304 e. The van der Waals surface area contributed by atoms with Crippen molar-refractivity contribution in [2.45, 2.75) is 32.6 Å². The molecular formula is C13H18O3. The molecule has 0 heterocycles. The molecule has 0 aliphatic carbocycles. The van der Waals surface area contributed by atoms with Gasteiger partial charge in [0.15, 0.2) is 0 Å². The van der Waals surface area contributed by atoms with Gasteiger partial charge in [-0.1, -0.05) is 32.0 Å². The quantitative estimate of drug-likeness (QED) is 0.833. The highest BCUT2D eigenvalue weighted by Gasteiger charge is 2.27. The molecule has 1 aromatic carbocycles. The van der Waals surface area contributed by atoms with Gasteiger partial charge in [-0.2, -0.15) is 0 Å². The van der Waals surface area contributed by atoms with E-state index in [2.05, 4.69) is 0 Å². The fraction of sp³-hybridized carbons (Fsp3) is 0.462. The van der Waals surface area contributed by atoms with E-state index in [4.69, 9.17) is 9.84 Å². The molecule has 0 unspecified atom stereocenters. The van der Waals surface area contributed by atoms with Gasteiger partial charge >= 0.3 is 5.97 Å². The van der Waals surface area contributed by atoms with Crippen LogP contribution in [0.5, 0.6) is 5.75 Å². The average Bonchev–Trinajstić information content (AvgIpc) is 2.17. The molecule has 0 bridgehead atoms. The molecule has 0 aromatic heterocycles. The number of aliphatic carboxylic acids is 1. The van der Waals surface area contributed by atoms with Gasteiger partial charge in [-0.3, -0.25) is 4.79 Å². The van der Waals surface area contributed by atoms with Crippen molar-refractivity contribution in [3.63, 3.8) is 0 Å². The number of rotatable bonds is 5. The van der Waals surface area contributed by atoms with Crippen LogP contribution < -0.4 is 4.74 Å². The first-order valence-electron chi connectivity index (χ1n) is 5.41. The van der Waals surface area contributed by atoms with E-state index in [9.17, 15) is 4.79 Å². The summed E-state index contributed by atoms with van der Waals surface area (Å²) in [5.41, 5.74) is 0.525. The summed E-state index contributed by atoms with van der Waals surface area (Å²) in [6.07, 6.45) is 0.0943. The van der Waals surface area contributed by atoms with E-state index >= 15 is 0 Å². The van der Waals surface area contributed by atoms with Crippen LogP contribution in [0.25, 0.3) is 0 Å². The van der Waals surface area contributed by atoms with Crippen LogP contribution in [-0.2, 0) is 10.2 Å². The van der Waals surface area contributed by atoms with Gasteiger partial charge in [0, 0.05) is 11.0 Å². The molecule has 1 rings (SSSR count). The second kappa shape index (κ2) is 5.01. The van der Waals surface area contributed by atoms with Crippen molar-refractivity contribution in [1.82, 2.24) is 0 Å². The summed E-state index contributed by atoms with van der Waals surface area (Å²) in [7, 11) is 0. The molecule has 0 aliphatic heterocycles. The SMILES string of the molecule is CCOc1ccccc1C(C)(C)CC(=O)O. The van der Waals surface area contributed by atoms with Gasteiger partial charge in [-0.15, -0.1) is 0 Å². The maximum atomic E-state index is 10.8. The first-order chi connectivity index (χ1) is 7.47. The van der Waals surface area contributed by atoms with E-state index in [-0.39, 0.29) is 6.42 Å². The van der Waals surface area contributed by atoms with Crippen LogP contribution in [0.4, 0.5) is 0 Å². The molecule has 0 saturated carbocycles. The van der Waals surface area contributed by atoms with Crippen LogP contribution in [0.2, 0.25) is 0 Å². The number of hydrogen-bond acceptors (Lipinski definition) is 2. The summed E-state index contributed by atoms with van der Waals surface area (Å²) in [6.45, 7) is 6.33. The van der Waals surface area contributed by atoms with Crippen molar-refractivity contribution in [2.75, 3.05) is 6.61 Å². The maximum absolute atomic E-state index is 10.8. The van der Waals surface area contributed by atoms with Gasteiger partial charge in [0.05, 0.1) is 13.0 Å². The van der Waals surface area contributed by atoms with Crippen LogP contribution in [0.15, 0.2) is 24.3 Å². The first kappa shape index (κ1) is 12.6. The van der Waals surface area contributed by atoms with E-state index < -0.39 is 11.4 Å². The highest BCUT2D eigenvalue weighted by molar-refractivity contribution is 5.69. The molecule has 88 valence electrons. The predicted molar refractivity (Wildman–Crippen MR) is 62.9 cm³/mol. The van der Waals surface area contributed by atoms with Gasteiger partial charge < -0.3 is 9.84 Å². The van der Waals surface area contributed by atoms with E-state index in [0.717, 1.165) is 11.3 Å². The Labute approximate surface area is 96.1 Å². The van der Waals surface area contributed by atoms with E-state index in [1.807, 2.05) is 45.0 Å². The first-order valence-corrected chi connectivity index (χ1v) is 5.41. The monoisotopic (exact) mass is 222 g/mol. The highest BCUT2D eigenvalue weighted by atomic mass is 16.5. The van der Waals surface area contributed by atoms with Crippen molar-refractivity contribution < 1.29 is 14.6 Å². The number of carboxylic acids is 1. The highest BCUT2D eigenvalue weighted by Crippen LogP contribution is 2.34. The minimum absolute atomic E-state index is 0.0943. The van der Waals surface area contributed by atoms with Crippen molar-refractivity contribution in [3.05, 3.63) is 29.8 Å². The summed E-state index contributed by atoms with van der Waals surface area (Å²) in [5.74, 6) is -0.0208. The molecule has 3 heteroatoms. The molecule has 0 aliphatic rings. The fourth-order valence-electron chi connectivity index (χ4n) is 1.78. The van der Waals surface area contributed by atoms with Gasteiger partial charge in [0.1, 0.15) is 5.75 Å². The lowest BCUT2D eigenvalue weighted by molar-refractivity contribution is -0.138. The molecule has 0 saturated heterocycles. The summed E-state index contributed by atoms with van der Waals surface area (Å²) < 4.78 is 5.51. The molecule has 0 spiro atoms. The third-order valence-corrected chi connectivity index (χ3v) is 2.51. The third-order valence-electron chi connectivity index (χ3n) is 2.51. The Kier molecular flexibility index (Phi) is 3.93. The van der Waals surface area contributed by atoms with Crippen LogP contribution in [0.3, 0.4) is 0 Å². The second-order valence-electron chi connectivity index (χ2n) is 4.38. The number of benzene rings is 1. The van der Waals surface area contributed by atoms with Crippen molar-refractivity contribution in [3.8, 4) is 5.75 Å². The van der Waals surface area contributed by atoms with Crippen molar-refractivity contribution in [1.29, 1.82) is 0 Å². The Bertz CT molecular complexity index is 369.